The van der Waals surface area contributed by atoms with E-state index in [4.69, 9.17) is 5.11 Å². The van der Waals surface area contributed by atoms with Gasteiger partial charge in [0.1, 0.15) is 0 Å². The monoisotopic (exact) mass is 144 g/mol. The van der Waals surface area contributed by atoms with Crippen molar-refractivity contribution in [3.8, 4) is 0 Å². The van der Waals surface area contributed by atoms with Crippen molar-refractivity contribution in [1.82, 2.24) is 0 Å². The first-order valence-electron chi connectivity index (χ1n) is 3.36. The van der Waals surface area contributed by atoms with Gasteiger partial charge in [-0.25, -0.2) is 0 Å². The van der Waals surface area contributed by atoms with Gasteiger partial charge in [0.2, 0.25) is 0 Å². The number of aliphatic carboxylic acids is 1. The molecule has 1 aliphatic carbocycles. The molecule has 1 rings (SSSR count). The lowest BCUT2D eigenvalue weighted by Gasteiger charge is -2.25. The van der Waals surface area contributed by atoms with Crippen LogP contribution in [0.3, 0.4) is 0 Å². The van der Waals surface area contributed by atoms with Crippen LogP contribution in [0.2, 0.25) is 0 Å². The molecule has 0 aliphatic heterocycles. The molecule has 1 fully saturated rings. The molecule has 0 amide bonds. The molecule has 0 spiro atoms. The van der Waals surface area contributed by atoms with Gasteiger partial charge >= 0.3 is 5.97 Å². The summed E-state index contributed by atoms with van der Waals surface area (Å²) in [7, 11) is 0. The summed E-state index contributed by atoms with van der Waals surface area (Å²) < 4.78 is 0. The van der Waals surface area contributed by atoms with Crippen LogP contribution in [0.25, 0.3) is 0 Å². The Bertz CT molecular complexity index is 168. The van der Waals surface area contributed by atoms with E-state index in [1.165, 1.54) is 0 Å². The van der Waals surface area contributed by atoms with Crippen LogP contribution in [-0.4, -0.2) is 21.8 Å². The van der Waals surface area contributed by atoms with E-state index >= 15 is 0 Å². The molecular weight excluding hydrogens is 132 g/mol. The van der Waals surface area contributed by atoms with Gasteiger partial charge in [0.05, 0.1) is 11.0 Å². The predicted molar refractivity (Wildman–Crippen MR) is 35.6 cm³/mol. The molecule has 0 heterocycles. The number of carbonyl (C=O) groups is 1. The molecule has 1 aliphatic rings. The normalized spacial score (nSPS) is 22.3. The zero-order valence-corrected chi connectivity index (χ0v) is 6.22. The molecule has 3 heteroatoms. The van der Waals surface area contributed by atoms with Crippen LogP contribution in [0.15, 0.2) is 0 Å². The molecule has 0 aromatic rings. The highest BCUT2D eigenvalue weighted by atomic mass is 16.4. The van der Waals surface area contributed by atoms with Crippen LogP contribution in [0.5, 0.6) is 0 Å². The van der Waals surface area contributed by atoms with Crippen molar-refractivity contribution in [2.45, 2.75) is 32.3 Å². The highest BCUT2D eigenvalue weighted by Gasteiger charge is 2.57. The largest absolute Gasteiger partial charge is 0.481 e. The maximum atomic E-state index is 10.5. The van der Waals surface area contributed by atoms with Gasteiger partial charge in [0.25, 0.3) is 0 Å². The zero-order chi connectivity index (χ0) is 7.99. The van der Waals surface area contributed by atoms with Gasteiger partial charge in [0, 0.05) is 0 Å². The highest BCUT2D eigenvalue weighted by Crippen LogP contribution is 2.49. The fourth-order valence-corrected chi connectivity index (χ4v) is 0.942. The Morgan fingerprint density at radius 1 is 1.50 bits per heavy atom. The summed E-state index contributed by atoms with van der Waals surface area (Å²) in [5.74, 6) is -0.924. The van der Waals surface area contributed by atoms with Gasteiger partial charge in [-0.15, -0.1) is 0 Å². The predicted octanol–water partition coefficient (Wildman–Crippen LogP) is 0.622. The summed E-state index contributed by atoms with van der Waals surface area (Å²) >= 11 is 0. The van der Waals surface area contributed by atoms with Gasteiger partial charge in [0.15, 0.2) is 0 Å². The van der Waals surface area contributed by atoms with Crippen molar-refractivity contribution in [3.05, 3.63) is 0 Å². The Morgan fingerprint density at radius 2 is 1.90 bits per heavy atom. The van der Waals surface area contributed by atoms with Crippen LogP contribution in [0.4, 0.5) is 0 Å². The molecule has 3 nitrogen and oxygen atoms in total. The lowest BCUT2D eigenvalue weighted by atomic mass is 9.84. The Kier molecular flexibility index (Phi) is 1.30. The quantitative estimate of drug-likeness (QED) is 0.597. The average Bonchev–Trinajstić information content (AvgIpc) is 2.48. The molecule has 0 unspecified atom stereocenters. The van der Waals surface area contributed by atoms with E-state index in [1.807, 2.05) is 0 Å². The number of rotatable bonds is 2. The van der Waals surface area contributed by atoms with Crippen molar-refractivity contribution in [1.29, 1.82) is 0 Å². The average molecular weight is 144 g/mol. The number of aliphatic hydroxyl groups is 1. The summed E-state index contributed by atoms with van der Waals surface area (Å²) in [6.07, 6.45) is 1.23. The van der Waals surface area contributed by atoms with E-state index in [0.29, 0.717) is 12.8 Å². The SMILES string of the molecule is CC(C)(C(=O)O)C1(O)CC1. The Labute approximate surface area is 59.7 Å². The van der Waals surface area contributed by atoms with Crippen molar-refractivity contribution in [3.63, 3.8) is 0 Å². The van der Waals surface area contributed by atoms with Crippen LogP contribution in [0, 0.1) is 5.41 Å². The van der Waals surface area contributed by atoms with E-state index in [-0.39, 0.29) is 0 Å². The third-order valence-electron chi connectivity index (χ3n) is 2.42. The standard InChI is InChI=1S/C7H12O3/c1-6(2,5(8)9)7(10)3-4-7/h10H,3-4H2,1-2H3,(H,8,9). The second-order valence-electron chi connectivity index (χ2n) is 3.46. The van der Waals surface area contributed by atoms with Crippen molar-refractivity contribution >= 4 is 5.97 Å². The van der Waals surface area contributed by atoms with Crippen molar-refractivity contribution in [2.75, 3.05) is 0 Å². The van der Waals surface area contributed by atoms with Crippen LogP contribution >= 0.6 is 0 Å². The van der Waals surface area contributed by atoms with Crippen LogP contribution in [0.1, 0.15) is 26.7 Å². The Morgan fingerprint density at radius 3 is 2.00 bits per heavy atom. The summed E-state index contributed by atoms with van der Waals surface area (Å²) in [5, 5.41) is 18.1. The minimum Gasteiger partial charge on any atom is -0.481 e. The lowest BCUT2D eigenvalue weighted by Crippen LogP contribution is -2.38. The molecule has 0 aromatic heterocycles. The minimum absolute atomic E-state index is 0.617. The van der Waals surface area contributed by atoms with Crippen LogP contribution in [-0.2, 0) is 4.79 Å². The lowest BCUT2D eigenvalue weighted by molar-refractivity contribution is -0.155. The van der Waals surface area contributed by atoms with E-state index < -0.39 is 17.0 Å². The molecule has 1 saturated carbocycles. The summed E-state index contributed by atoms with van der Waals surface area (Å²) in [6, 6.07) is 0. The van der Waals surface area contributed by atoms with Gasteiger partial charge in [-0.1, -0.05) is 0 Å². The van der Waals surface area contributed by atoms with E-state index in [1.54, 1.807) is 13.8 Å². The summed E-state index contributed by atoms with van der Waals surface area (Å²) in [6.45, 7) is 3.12. The molecule has 10 heavy (non-hydrogen) atoms. The first-order valence-corrected chi connectivity index (χ1v) is 3.36. The maximum absolute atomic E-state index is 10.5. The molecule has 0 bridgehead atoms. The third kappa shape index (κ3) is 0.814. The third-order valence-corrected chi connectivity index (χ3v) is 2.42. The molecule has 0 saturated heterocycles. The van der Waals surface area contributed by atoms with Gasteiger partial charge < -0.3 is 10.2 Å². The van der Waals surface area contributed by atoms with Gasteiger partial charge in [-0.05, 0) is 26.7 Å². The zero-order valence-electron chi connectivity index (χ0n) is 6.22. The highest BCUT2D eigenvalue weighted by molar-refractivity contribution is 5.76. The molecular formula is C7H12O3. The fourth-order valence-electron chi connectivity index (χ4n) is 0.942. The second kappa shape index (κ2) is 1.72. The maximum Gasteiger partial charge on any atom is 0.312 e. The summed E-state index contributed by atoms with van der Waals surface area (Å²) in [4.78, 5) is 10.5. The molecule has 0 aromatic carbocycles. The minimum atomic E-state index is -0.979. The smallest absolute Gasteiger partial charge is 0.312 e. The molecule has 0 radical (unpaired) electrons. The summed E-state index contributed by atoms with van der Waals surface area (Å²) in [5.41, 5.74) is -1.91. The topological polar surface area (TPSA) is 57.5 Å². The van der Waals surface area contributed by atoms with Crippen LogP contribution < -0.4 is 0 Å². The van der Waals surface area contributed by atoms with Gasteiger partial charge in [-0.2, -0.15) is 0 Å². The fraction of sp³-hybridized carbons (Fsp3) is 0.857. The first-order chi connectivity index (χ1) is 4.40. The molecule has 0 atom stereocenters. The Balaban J connectivity index is 2.77. The number of hydrogen-bond acceptors (Lipinski definition) is 2. The van der Waals surface area contributed by atoms with Gasteiger partial charge in [-0.3, -0.25) is 4.79 Å². The van der Waals surface area contributed by atoms with Crippen molar-refractivity contribution < 1.29 is 15.0 Å². The van der Waals surface area contributed by atoms with E-state index in [2.05, 4.69) is 0 Å². The second-order valence-corrected chi connectivity index (χ2v) is 3.46. The van der Waals surface area contributed by atoms with E-state index in [9.17, 15) is 9.90 Å². The number of carboxylic acid groups (broad SMARTS) is 1. The van der Waals surface area contributed by atoms with Crippen molar-refractivity contribution in [2.24, 2.45) is 5.41 Å². The number of carboxylic acids is 1. The first kappa shape index (κ1) is 7.54. The molecule has 58 valence electrons. The molecule has 2 N–H and O–H groups in total. The number of hydrogen-bond donors (Lipinski definition) is 2. The Hall–Kier alpha value is -0.570. The van der Waals surface area contributed by atoms with E-state index in [0.717, 1.165) is 0 Å².